The summed E-state index contributed by atoms with van der Waals surface area (Å²) in [5.41, 5.74) is 0.839. The summed E-state index contributed by atoms with van der Waals surface area (Å²) in [5.74, 6) is -1.70. The van der Waals surface area contributed by atoms with Crippen molar-refractivity contribution >= 4 is 40.4 Å². The molecule has 3 rings (SSSR count). The summed E-state index contributed by atoms with van der Waals surface area (Å²) < 4.78 is 11.0. The quantitative estimate of drug-likeness (QED) is 0.695. The van der Waals surface area contributed by atoms with Crippen LogP contribution >= 0.6 is 11.6 Å². The van der Waals surface area contributed by atoms with Gasteiger partial charge in [0.15, 0.2) is 12.2 Å². The fraction of sp³-hybridized carbons (Fsp3) is 0.125. The van der Waals surface area contributed by atoms with Gasteiger partial charge in [-0.25, -0.2) is 9.78 Å². The van der Waals surface area contributed by atoms with Crippen LogP contribution in [0.15, 0.2) is 51.8 Å². The third-order valence-electron chi connectivity index (χ3n) is 3.22. The highest BCUT2D eigenvalue weighted by Crippen LogP contribution is 2.12. The zero-order chi connectivity index (χ0) is 17.8. The lowest BCUT2D eigenvalue weighted by atomic mass is 10.3. The molecule has 8 nitrogen and oxygen atoms in total. The van der Waals surface area contributed by atoms with E-state index in [4.69, 9.17) is 20.8 Å². The lowest BCUT2D eigenvalue weighted by Gasteiger charge is -2.06. The van der Waals surface area contributed by atoms with Gasteiger partial charge in [0.1, 0.15) is 12.4 Å². The molecule has 0 saturated carbocycles. The van der Waals surface area contributed by atoms with E-state index in [-0.39, 0.29) is 12.4 Å². The van der Waals surface area contributed by atoms with Gasteiger partial charge in [0.05, 0.1) is 10.5 Å². The van der Waals surface area contributed by atoms with Gasteiger partial charge in [0.25, 0.3) is 5.91 Å². The van der Waals surface area contributed by atoms with E-state index in [1.807, 2.05) is 0 Å². The molecule has 0 spiro atoms. The van der Waals surface area contributed by atoms with Gasteiger partial charge >= 0.3 is 11.7 Å². The fourth-order valence-electron chi connectivity index (χ4n) is 2.11. The molecular weight excluding hydrogens is 350 g/mol. The minimum absolute atomic E-state index is 0.280. The first kappa shape index (κ1) is 16.7. The topological polar surface area (TPSA) is 103 Å². The molecule has 1 aromatic carbocycles. The molecule has 0 unspecified atom stereocenters. The molecule has 2 aromatic heterocycles. The number of ether oxygens (including phenoxy) is 1. The third-order valence-corrected chi connectivity index (χ3v) is 3.44. The van der Waals surface area contributed by atoms with E-state index in [1.165, 1.54) is 12.3 Å². The Bertz CT molecular complexity index is 977. The zero-order valence-electron chi connectivity index (χ0n) is 12.8. The number of pyridine rings is 1. The number of para-hydroxylation sites is 2. The Morgan fingerprint density at radius 3 is 2.80 bits per heavy atom. The van der Waals surface area contributed by atoms with E-state index in [9.17, 15) is 14.4 Å². The second-order valence-corrected chi connectivity index (χ2v) is 5.43. The number of aromatic nitrogens is 2. The van der Waals surface area contributed by atoms with Crippen LogP contribution in [0.3, 0.4) is 0 Å². The van der Waals surface area contributed by atoms with Gasteiger partial charge in [0, 0.05) is 6.20 Å². The number of hydrogen-bond donors (Lipinski definition) is 1. The van der Waals surface area contributed by atoms with Crippen molar-refractivity contribution in [1.29, 1.82) is 0 Å². The number of carbonyl (C=O) groups is 2. The van der Waals surface area contributed by atoms with Crippen LogP contribution in [0.5, 0.6) is 0 Å². The number of nitrogens with zero attached hydrogens (tertiary/aromatic N) is 2. The highest BCUT2D eigenvalue weighted by atomic mass is 35.5. The number of benzene rings is 1. The first-order valence-corrected chi connectivity index (χ1v) is 7.56. The van der Waals surface area contributed by atoms with Gasteiger partial charge in [-0.2, -0.15) is 0 Å². The van der Waals surface area contributed by atoms with E-state index in [2.05, 4.69) is 10.3 Å². The maximum absolute atomic E-state index is 11.9. The lowest BCUT2D eigenvalue weighted by molar-refractivity contribution is -0.147. The summed E-state index contributed by atoms with van der Waals surface area (Å²) in [5, 5.41) is 2.88. The summed E-state index contributed by atoms with van der Waals surface area (Å²) in [6.07, 6.45) is 1.37. The molecule has 0 bridgehead atoms. The number of oxazole rings is 1. The van der Waals surface area contributed by atoms with Crippen molar-refractivity contribution in [2.75, 3.05) is 11.9 Å². The Morgan fingerprint density at radius 1 is 1.24 bits per heavy atom. The van der Waals surface area contributed by atoms with Gasteiger partial charge in [0.2, 0.25) is 0 Å². The molecule has 0 aliphatic rings. The average Bonchev–Trinajstić information content (AvgIpc) is 2.91. The average molecular weight is 362 g/mol. The Kier molecular flexibility index (Phi) is 4.80. The minimum Gasteiger partial charge on any atom is -0.454 e. The second-order valence-electron chi connectivity index (χ2n) is 4.99. The van der Waals surface area contributed by atoms with Gasteiger partial charge < -0.3 is 14.5 Å². The number of esters is 1. The molecule has 1 N–H and O–H groups in total. The van der Waals surface area contributed by atoms with Crippen LogP contribution in [-0.2, 0) is 20.9 Å². The summed E-state index contributed by atoms with van der Waals surface area (Å²) in [4.78, 5) is 39.3. The Labute approximate surface area is 146 Å². The lowest BCUT2D eigenvalue weighted by Crippen LogP contribution is -2.26. The van der Waals surface area contributed by atoms with Crippen molar-refractivity contribution in [3.63, 3.8) is 0 Å². The number of nitrogens with one attached hydrogen (secondary N) is 1. The van der Waals surface area contributed by atoms with Crippen molar-refractivity contribution in [1.82, 2.24) is 9.55 Å². The molecule has 25 heavy (non-hydrogen) atoms. The molecule has 0 saturated heterocycles. The van der Waals surface area contributed by atoms with Crippen LogP contribution in [0, 0.1) is 0 Å². The molecule has 1 amide bonds. The predicted octanol–water partition coefficient (Wildman–Crippen LogP) is 1.82. The molecule has 0 atom stereocenters. The molecule has 0 fully saturated rings. The molecule has 128 valence electrons. The fourth-order valence-corrected chi connectivity index (χ4v) is 2.22. The largest absolute Gasteiger partial charge is 0.454 e. The highest BCUT2D eigenvalue weighted by molar-refractivity contribution is 6.30. The van der Waals surface area contributed by atoms with Crippen molar-refractivity contribution in [2.45, 2.75) is 6.54 Å². The molecule has 0 radical (unpaired) electrons. The van der Waals surface area contributed by atoms with Crippen molar-refractivity contribution in [2.24, 2.45) is 0 Å². The van der Waals surface area contributed by atoms with Gasteiger partial charge in [-0.1, -0.05) is 23.7 Å². The third kappa shape index (κ3) is 4.04. The van der Waals surface area contributed by atoms with Gasteiger partial charge in [-0.05, 0) is 24.3 Å². The molecule has 0 aliphatic heterocycles. The standard InChI is InChI=1S/C16H12ClN3O5/c17-10-5-6-13(18-7-10)19-14(21)9-24-15(22)8-20-11-3-1-2-4-12(11)25-16(20)23/h1-7H,8-9H2,(H,18,19,21). The van der Waals surface area contributed by atoms with Crippen molar-refractivity contribution in [3.8, 4) is 0 Å². The molecular formula is C16H12ClN3O5. The molecule has 0 aliphatic carbocycles. The molecule has 9 heteroatoms. The first-order valence-electron chi connectivity index (χ1n) is 7.18. The number of anilines is 1. The number of halogens is 1. The maximum Gasteiger partial charge on any atom is 0.420 e. The second kappa shape index (κ2) is 7.18. The Morgan fingerprint density at radius 2 is 2.04 bits per heavy atom. The molecule has 3 aromatic rings. The number of amides is 1. The van der Waals surface area contributed by atoms with Crippen LogP contribution in [-0.4, -0.2) is 28.0 Å². The smallest absolute Gasteiger partial charge is 0.420 e. The number of hydrogen-bond acceptors (Lipinski definition) is 6. The molecule has 2 heterocycles. The summed E-state index contributed by atoms with van der Waals surface area (Å²) in [6, 6.07) is 9.76. The first-order chi connectivity index (χ1) is 12.0. The summed E-state index contributed by atoms with van der Waals surface area (Å²) in [6.45, 7) is -0.865. The van der Waals surface area contributed by atoms with E-state index < -0.39 is 24.2 Å². The number of rotatable bonds is 5. The SMILES string of the molecule is O=C(COC(=O)Cn1c(=O)oc2ccccc21)Nc1ccc(Cl)cn1. The van der Waals surface area contributed by atoms with E-state index >= 15 is 0 Å². The highest BCUT2D eigenvalue weighted by Gasteiger charge is 2.14. The van der Waals surface area contributed by atoms with Crippen LogP contribution in [0.25, 0.3) is 11.1 Å². The van der Waals surface area contributed by atoms with Crippen molar-refractivity contribution < 1.29 is 18.7 Å². The van der Waals surface area contributed by atoms with E-state index in [0.29, 0.717) is 16.1 Å². The maximum atomic E-state index is 11.9. The zero-order valence-corrected chi connectivity index (χ0v) is 13.5. The Balaban J connectivity index is 1.57. The van der Waals surface area contributed by atoms with Gasteiger partial charge in [-0.3, -0.25) is 14.2 Å². The number of carbonyl (C=O) groups excluding carboxylic acids is 2. The predicted molar refractivity (Wildman–Crippen MR) is 89.3 cm³/mol. The Hall–Kier alpha value is -3.13. The van der Waals surface area contributed by atoms with E-state index in [1.54, 1.807) is 30.3 Å². The monoisotopic (exact) mass is 361 g/mol. The van der Waals surface area contributed by atoms with Crippen LogP contribution in [0.4, 0.5) is 5.82 Å². The van der Waals surface area contributed by atoms with Gasteiger partial charge in [-0.15, -0.1) is 0 Å². The van der Waals surface area contributed by atoms with Crippen LogP contribution in [0.2, 0.25) is 5.02 Å². The van der Waals surface area contributed by atoms with Crippen LogP contribution < -0.4 is 11.1 Å². The van der Waals surface area contributed by atoms with Crippen molar-refractivity contribution in [3.05, 3.63) is 58.2 Å². The summed E-state index contributed by atoms with van der Waals surface area (Å²) in [7, 11) is 0. The minimum atomic E-state index is -0.743. The van der Waals surface area contributed by atoms with E-state index in [0.717, 1.165) is 4.57 Å². The number of fused-ring (bicyclic) bond motifs is 1. The van der Waals surface area contributed by atoms with Crippen LogP contribution in [0.1, 0.15) is 0 Å². The normalized spacial score (nSPS) is 10.6. The summed E-state index contributed by atoms with van der Waals surface area (Å²) >= 11 is 5.69.